The Bertz CT molecular complexity index is 745. The molecule has 0 saturated heterocycles. The number of fused-ring (bicyclic) bond motifs is 1. The molecule has 27 heavy (non-hydrogen) atoms. The van der Waals surface area contributed by atoms with Crippen LogP contribution in [0, 0.1) is 5.92 Å². The van der Waals surface area contributed by atoms with E-state index in [4.69, 9.17) is 4.74 Å². The maximum absolute atomic E-state index is 13.8. The summed E-state index contributed by atoms with van der Waals surface area (Å²) in [5.74, 6) is 0.495. The van der Waals surface area contributed by atoms with Crippen molar-refractivity contribution in [3.05, 3.63) is 41.5 Å². The molecule has 0 radical (unpaired) electrons. The minimum atomic E-state index is -4.52. The molecule has 0 bridgehead atoms. The van der Waals surface area contributed by atoms with E-state index in [-0.39, 0.29) is 17.2 Å². The van der Waals surface area contributed by atoms with Gasteiger partial charge in [0.15, 0.2) is 0 Å². The maximum Gasteiger partial charge on any atom is 0.420 e. The van der Waals surface area contributed by atoms with Crippen molar-refractivity contribution in [1.29, 1.82) is 0 Å². The fraction of sp³-hybridized carbons (Fsp3) is 0.545. The first-order valence-electron chi connectivity index (χ1n) is 9.74. The third kappa shape index (κ3) is 5.16. The van der Waals surface area contributed by atoms with Crippen LogP contribution in [0.15, 0.2) is 30.3 Å². The molecule has 2 aromatic carbocycles. The van der Waals surface area contributed by atoms with Gasteiger partial charge in [-0.3, -0.25) is 0 Å². The Labute approximate surface area is 159 Å². The van der Waals surface area contributed by atoms with Gasteiger partial charge < -0.3 is 9.84 Å². The lowest BCUT2D eigenvalue weighted by Crippen LogP contribution is -2.24. The first-order valence-corrected chi connectivity index (χ1v) is 9.74. The highest BCUT2D eigenvalue weighted by Gasteiger charge is 2.37. The maximum atomic E-state index is 13.8. The lowest BCUT2D eigenvalue weighted by Gasteiger charge is -2.28. The Morgan fingerprint density at radius 1 is 1.04 bits per heavy atom. The van der Waals surface area contributed by atoms with E-state index in [9.17, 15) is 18.3 Å². The Kier molecular flexibility index (Phi) is 7.15. The number of aliphatic hydroxyl groups is 1. The topological polar surface area (TPSA) is 29.5 Å². The molecule has 3 rings (SSSR count). The van der Waals surface area contributed by atoms with Gasteiger partial charge in [-0.15, -0.1) is 0 Å². The Morgan fingerprint density at radius 3 is 2.19 bits per heavy atom. The highest BCUT2D eigenvalue weighted by Crippen LogP contribution is 2.43. The lowest BCUT2D eigenvalue weighted by atomic mass is 9.89. The van der Waals surface area contributed by atoms with Gasteiger partial charge in [0.2, 0.25) is 0 Å². The van der Waals surface area contributed by atoms with Gasteiger partial charge in [0, 0.05) is 0 Å². The van der Waals surface area contributed by atoms with Gasteiger partial charge in [-0.25, -0.2) is 0 Å². The van der Waals surface area contributed by atoms with Gasteiger partial charge in [0.1, 0.15) is 11.3 Å². The van der Waals surface area contributed by atoms with Gasteiger partial charge >= 0.3 is 6.18 Å². The van der Waals surface area contributed by atoms with Gasteiger partial charge in [0.25, 0.3) is 0 Å². The van der Waals surface area contributed by atoms with Crippen molar-refractivity contribution < 1.29 is 23.0 Å². The van der Waals surface area contributed by atoms with E-state index in [2.05, 4.69) is 6.92 Å². The quantitative estimate of drug-likeness (QED) is 0.626. The Hall–Kier alpha value is -1.75. The Balaban J connectivity index is 0.00000126. The van der Waals surface area contributed by atoms with E-state index in [0.717, 1.165) is 25.7 Å². The molecule has 5 heteroatoms. The number of aliphatic hydroxyl groups excluding tert-OH is 1. The molecule has 1 saturated carbocycles. The lowest BCUT2D eigenvalue weighted by molar-refractivity contribution is -0.138. The van der Waals surface area contributed by atoms with Crippen molar-refractivity contribution in [3.8, 4) is 5.75 Å². The number of ether oxygens (including phenoxy) is 1. The summed E-state index contributed by atoms with van der Waals surface area (Å²) in [6.07, 6.45) is -2.00. The molecule has 2 nitrogen and oxygen atoms in total. The van der Waals surface area contributed by atoms with Crippen molar-refractivity contribution in [1.82, 2.24) is 0 Å². The second kappa shape index (κ2) is 8.96. The number of halogens is 3. The van der Waals surface area contributed by atoms with Crippen LogP contribution >= 0.6 is 0 Å². The average molecular weight is 382 g/mol. The van der Waals surface area contributed by atoms with Crippen LogP contribution in [0.2, 0.25) is 0 Å². The molecule has 0 aromatic heterocycles. The van der Waals surface area contributed by atoms with Crippen LogP contribution in [0.5, 0.6) is 5.75 Å². The predicted molar refractivity (Wildman–Crippen MR) is 103 cm³/mol. The molecule has 0 spiro atoms. The van der Waals surface area contributed by atoms with E-state index in [1.807, 2.05) is 13.8 Å². The molecular weight excluding hydrogens is 353 g/mol. The third-order valence-electron chi connectivity index (χ3n) is 5.03. The molecule has 0 heterocycles. The van der Waals surface area contributed by atoms with Crippen LogP contribution in [0.4, 0.5) is 13.2 Å². The third-order valence-corrected chi connectivity index (χ3v) is 5.03. The molecule has 1 aliphatic carbocycles. The molecular formula is C22H29F3O2. The summed E-state index contributed by atoms with van der Waals surface area (Å²) >= 11 is 0. The number of hydrogen-bond acceptors (Lipinski definition) is 2. The van der Waals surface area contributed by atoms with Crippen LogP contribution in [0.25, 0.3) is 10.8 Å². The summed E-state index contributed by atoms with van der Waals surface area (Å²) in [5.41, 5.74) is -0.284. The SMILES string of the molecule is CC.CC1CCC(Oc2ccc3ccc(C(C)O)cc3c2C(F)(F)F)CC1. The monoisotopic (exact) mass is 382 g/mol. The average Bonchev–Trinajstić information content (AvgIpc) is 2.63. The van der Waals surface area contributed by atoms with Crippen LogP contribution in [-0.4, -0.2) is 11.2 Å². The largest absolute Gasteiger partial charge is 0.490 e. The fourth-order valence-corrected chi connectivity index (χ4v) is 3.49. The number of rotatable bonds is 3. The molecule has 150 valence electrons. The molecule has 2 aromatic rings. The highest BCUT2D eigenvalue weighted by atomic mass is 19.4. The van der Waals surface area contributed by atoms with Crippen LogP contribution in [0.1, 0.15) is 70.6 Å². The summed E-state index contributed by atoms with van der Waals surface area (Å²) in [6, 6.07) is 7.75. The van der Waals surface area contributed by atoms with Gasteiger partial charge in [-0.2, -0.15) is 13.2 Å². The van der Waals surface area contributed by atoms with Crippen LogP contribution in [0.3, 0.4) is 0 Å². The predicted octanol–water partition coefficient (Wildman–Crippen LogP) is 6.90. The van der Waals surface area contributed by atoms with Crippen LogP contribution in [-0.2, 0) is 6.18 Å². The Morgan fingerprint density at radius 2 is 1.63 bits per heavy atom. The van der Waals surface area contributed by atoms with Gasteiger partial charge in [-0.05, 0) is 67.0 Å². The van der Waals surface area contributed by atoms with E-state index >= 15 is 0 Å². The number of hydrogen-bond donors (Lipinski definition) is 1. The first kappa shape index (κ1) is 21.5. The summed E-state index contributed by atoms with van der Waals surface area (Å²) in [7, 11) is 0. The molecule has 1 atom stereocenters. The minimum absolute atomic E-state index is 0.0765. The second-order valence-corrected chi connectivity index (χ2v) is 7.09. The first-order chi connectivity index (χ1) is 12.8. The van der Waals surface area contributed by atoms with Crippen LogP contribution < -0.4 is 4.74 Å². The molecule has 1 fully saturated rings. The van der Waals surface area contributed by atoms with Crippen molar-refractivity contribution in [2.24, 2.45) is 5.92 Å². The number of alkyl halides is 3. The summed E-state index contributed by atoms with van der Waals surface area (Å²) < 4.78 is 47.1. The summed E-state index contributed by atoms with van der Waals surface area (Å²) in [6.45, 7) is 7.70. The fourth-order valence-electron chi connectivity index (χ4n) is 3.49. The summed E-state index contributed by atoms with van der Waals surface area (Å²) in [4.78, 5) is 0. The van der Waals surface area contributed by atoms with Crippen molar-refractivity contribution in [2.45, 2.75) is 71.8 Å². The molecule has 1 aliphatic rings. The zero-order valence-electron chi connectivity index (χ0n) is 16.4. The zero-order valence-corrected chi connectivity index (χ0v) is 16.4. The van der Waals surface area contributed by atoms with E-state index in [1.165, 1.54) is 19.1 Å². The second-order valence-electron chi connectivity index (χ2n) is 7.09. The molecule has 0 aliphatic heterocycles. The van der Waals surface area contributed by atoms with E-state index in [1.54, 1.807) is 18.2 Å². The molecule has 1 unspecified atom stereocenters. The standard InChI is InChI=1S/C20H23F3O2.C2H6/c1-12-3-8-16(9-4-12)25-18-10-7-14-5-6-15(13(2)24)11-17(14)19(18)20(21,22)23;1-2/h5-7,10-13,16,24H,3-4,8-9H2,1-2H3;1-2H3. The normalized spacial score (nSPS) is 21.3. The van der Waals surface area contributed by atoms with Crippen molar-refractivity contribution in [3.63, 3.8) is 0 Å². The molecule has 0 amide bonds. The number of benzene rings is 2. The minimum Gasteiger partial charge on any atom is -0.490 e. The van der Waals surface area contributed by atoms with E-state index < -0.39 is 17.8 Å². The van der Waals surface area contributed by atoms with Gasteiger partial charge in [0.05, 0.1) is 12.2 Å². The van der Waals surface area contributed by atoms with Crippen molar-refractivity contribution >= 4 is 10.8 Å². The van der Waals surface area contributed by atoms with Crippen molar-refractivity contribution in [2.75, 3.05) is 0 Å². The van der Waals surface area contributed by atoms with Gasteiger partial charge in [-0.1, -0.05) is 39.0 Å². The summed E-state index contributed by atoms with van der Waals surface area (Å²) in [5, 5.41) is 10.3. The van der Waals surface area contributed by atoms with E-state index in [0.29, 0.717) is 16.9 Å². The zero-order chi connectivity index (χ0) is 20.2. The molecule has 1 N–H and O–H groups in total. The highest BCUT2D eigenvalue weighted by molar-refractivity contribution is 5.89. The smallest absolute Gasteiger partial charge is 0.420 e.